The van der Waals surface area contributed by atoms with Gasteiger partial charge in [-0.05, 0) is 18.4 Å². The lowest BCUT2D eigenvalue weighted by molar-refractivity contribution is -0.133. The molecule has 0 N–H and O–H groups in total. The van der Waals surface area contributed by atoms with Crippen LogP contribution in [-0.4, -0.2) is 43.7 Å². The Balaban J connectivity index is 2.42. The fourth-order valence-electron chi connectivity index (χ4n) is 1.55. The molecule has 1 saturated heterocycles. The summed E-state index contributed by atoms with van der Waals surface area (Å²) in [5.41, 5.74) is 8.07. The number of piperidine rings is 1. The highest BCUT2D eigenvalue weighted by Crippen LogP contribution is 2.12. The standard InChI is InChI=1S/C8H14N4O2/c1-14-7-3-2-4-12(6-7)8(13)5-10-11-9/h7H,2-6H2,1H3/t7-/m0/s1. The normalized spacial score (nSPS) is 21.5. The fraction of sp³-hybridized carbons (Fsp3) is 0.875. The van der Waals surface area contributed by atoms with Gasteiger partial charge in [0.2, 0.25) is 5.91 Å². The molecule has 0 aromatic carbocycles. The van der Waals surface area contributed by atoms with Crippen LogP contribution in [0.5, 0.6) is 0 Å². The first kappa shape index (κ1) is 10.8. The number of azide groups is 1. The molecule has 6 heteroatoms. The maximum Gasteiger partial charge on any atom is 0.228 e. The second-order valence-corrected chi connectivity index (χ2v) is 3.23. The van der Waals surface area contributed by atoms with Crippen LogP contribution in [0.2, 0.25) is 0 Å². The first-order valence-electron chi connectivity index (χ1n) is 4.59. The van der Waals surface area contributed by atoms with E-state index in [1.807, 2.05) is 0 Å². The Labute approximate surface area is 82.5 Å². The van der Waals surface area contributed by atoms with Crippen LogP contribution in [0.15, 0.2) is 5.11 Å². The summed E-state index contributed by atoms with van der Waals surface area (Å²) in [6.07, 6.45) is 2.06. The molecule has 6 nitrogen and oxygen atoms in total. The van der Waals surface area contributed by atoms with Crippen molar-refractivity contribution in [1.29, 1.82) is 0 Å². The van der Waals surface area contributed by atoms with Gasteiger partial charge in [-0.2, -0.15) is 0 Å². The Morgan fingerprint density at radius 2 is 2.57 bits per heavy atom. The molecule has 0 radical (unpaired) electrons. The van der Waals surface area contributed by atoms with Crippen molar-refractivity contribution in [3.8, 4) is 0 Å². The summed E-state index contributed by atoms with van der Waals surface area (Å²) in [4.78, 5) is 15.7. The fourth-order valence-corrected chi connectivity index (χ4v) is 1.55. The maximum atomic E-state index is 11.4. The Morgan fingerprint density at radius 1 is 1.79 bits per heavy atom. The van der Waals surface area contributed by atoms with Crippen LogP contribution in [0.4, 0.5) is 0 Å². The summed E-state index contributed by atoms with van der Waals surface area (Å²) < 4.78 is 5.18. The predicted molar refractivity (Wildman–Crippen MR) is 50.6 cm³/mol. The van der Waals surface area contributed by atoms with Gasteiger partial charge in [0.25, 0.3) is 0 Å². The molecular formula is C8H14N4O2. The molecule has 0 spiro atoms. The molecule has 78 valence electrons. The minimum atomic E-state index is -0.121. The van der Waals surface area contributed by atoms with Crippen molar-refractivity contribution in [2.75, 3.05) is 26.7 Å². The van der Waals surface area contributed by atoms with Gasteiger partial charge in [-0.3, -0.25) is 4.79 Å². The van der Waals surface area contributed by atoms with Crippen molar-refractivity contribution < 1.29 is 9.53 Å². The highest BCUT2D eigenvalue weighted by atomic mass is 16.5. The maximum absolute atomic E-state index is 11.4. The van der Waals surface area contributed by atoms with Crippen LogP contribution in [0.1, 0.15) is 12.8 Å². The summed E-state index contributed by atoms with van der Waals surface area (Å²) in [7, 11) is 1.64. The number of ether oxygens (including phenoxy) is 1. The number of amides is 1. The Morgan fingerprint density at radius 3 is 3.21 bits per heavy atom. The van der Waals surface area contributed by atoms with Gasteiger partial charge < -0.3 is 9.64 Å². The van der Waals surface area contributed by atoms with Crippen LogP contribution in [-0.2, 0) is 9.53 Å². The van der Waals surface area contributed by atoms with Crippen molar-refractivity contribution in [3.05, 3.63) is 10.4 Å². The number of rotatable bonds is 3. The summed E-state index contributed by atoms with van der Waals surface area (Å²) >= 11 is 0. The quantitative estimate of drug-likeness (QED) is 0.384. The second kappa shape index (κ2) is 5.47. The van der Waals surface area contributed by atoms with Crippen molar-refractivity contribution in [1.82, 2.24) is 4.90 Å². The number of carbonyl (C=O) groups is 1. The highest BCUT2D eigenvalue weighted by Gasteiger charge is 2.22. The van der Waals surface area contributed by atoms with E-state index in [0.29, 0.717) is 6.54 Å². The van der Waals surface area contributed by atoms with Gasteiger partial charge in [0.1, 0.15) is 6.54 Å². The van der Waals surface area contributed by atoms with Gasteiger partial charge in [0, 0.05) is 25.1 Å². The molecule has 0 aliphatic carbocycles. The molecule has 0 saturated carbocycles. The minimum Gasteiger partial charge on any atom is -0.380 e. The van der Waals surface area contributed by atoms with E-state index in [1.165, 1.54) is 0 Å². The van der Waals surface area contributed by atoms with E-state index in [-0.39, 0.29) is 18.6 Å². The number of likely N-dealkylation sites (tertiary alicyclic amines) is 1. The highest BCUT2D eigenvalue weighted by molar-refractivity contribution is 5.78. The van der Waals surface area contributed by atoms with Gasteiger partial charge in [0.05, 0.1) is 6.10 Å². The zero-order valence-corrected chi connectivity index (χ0v) is 8.22. The third kappa shape index (κ3) is 2.90. The van der Waals surface area contributed by atoms with E-state index >= 15 is 0 Å². The van der Waals surface area contributed by atoms with Gasteiger partial charge in [-0.1, -0.05) is 5.11 Å². The number of hydrogen-bond donors (Lipinski definition) is 0. The lowest BCUT2D eigenvalue weighted by Gasteiger charge is -2.31. The van der Waals surface area contributed by atoms with E-state index in [9.17, 15) is 4.79 Å². The number of methoxy groups -OCH3 is 1. The van der Waals surface area contributed by atoms with Crippen molar-refractivity contribution in [3.63, 3.8) is 0 Å². The summed E-state index contributed by atoms with van der Waals surface area (Å²) in [6.45, 7) is 1.25. The van der Waals surface area contributed by atoms with Gasteiger partial charge in [-0.25, -0.2) is 0 Å². The van der Waals surface area contributed by atoms with Crippen LogP contribution in [0.25, 0.3) is 10.4 Å². The van der Waals surface area contributed by atoms with Crippen molar-refractivity contribution >= 4 is 5.91 Å². The summed E-state index contributed by atoms with van der Waals surface area (Å²) in [6, 6.07) is 0. The van der Waals surface area contributed by atoms with Crippen LogP contribution < -0.4 is 0 Å². The number of carbonyl (C=O) groups excluding carboxylic acids is 1. The van der Waals surface area contributed by atoms with Gasteiger partial charge in [-0.15, -0.1) is 0 Å². The Bertz CT molecular complexity index is 250. The van der Waals surface area contributed by atoms with Crippen LogP contribution in [0, 0.1) is 0 Å². The van der Waals surface area contributed by atoms with Crippen molar-refractivity contribution in [2.45, 2.75) is 18.9 Å². The molecule has 1 fully saturated rings. The Kier molecular flexibility index (Phi) is 4.22. The van der Waals surface area contributed by atoms with Gasteiger partial charge >= 0.3 is 0 Å². The third-order valence-corrected chi connectivity index (χ3v) is 2.33. The van der Waals surface area contributed by atoms with E-state index in [1.54, 1.807) is 12.0 Å². The first-order chi connectivity index (χ1) is 6.77. The lowest BCUT2D eigenvalue weighted by Crippen LogP contribution is -2.43. The van der Waals surface area contributed by atoms with E-state index in [0.717, 1.165) is 19.4 Å². The monoisotopic (exact) mass is 198 g/mol. The lowest BCUT2D eigenvalue weighted by atomic mass is 10.1. The number of hydrogen-bond acceptors (Lipinski definition) is 3. The average Bonchev–Trinajstić information content (AvgIpc) is 2.26. The van der Waals surface area contributed by atoms with E-state index in [4.69, 9.17) is 10.3 Å². The van der Waals surface area contributed by atoms with Crippen molar-refractivity contribution in [2.24, 2.45) is 5.11 Å². The molecule has 0 unspecified atom stereocenters. The zero-order chi connectivity index (χ0) is 10.4. The molecule has 0 bridgehead atoms. The predicted octanol–water partition coefficient (Wildman–Crippen LogP) is 0.934. The summed E-state index contributed by atoms with van der Waals surface area (Å²) in [5.74, 6) is -0.121. The third-order valence-electron chi connectivity index (χ3n) is 2.33. The molecule has 14 heavy (non-hydrogen) atoms. The second-order valence-electron chi connectivity index (χ2n) is 3.23. The van der Waals surface area contributed by atoms with E-state index < -0.39 is 0 Å². The molecule has 1 aliphatic heterocycles. The van der Waals surface area contributed by atoms with Gasteiger partial charge in [0.15, 0.2) is 0 Å². The van der Waals surface area contributed by atoms with Crippen LogP contribution >= 0.6 is 0 Å². The zero-order valence-electron chi connectivity index (χ0n) is 8.22. The molecule has 1 atom stereocenters. The smallest absolute Gasteiger partial charge is 0.228 e. The summed E-state index contributed by atoms with van der Waals surface area (Å²) in [5, 5.41) is 3.25. The SMILES string of the molecule is CO[C@H]1CCCN(C(=O)CN=[N+]=[N-])C1. The molecule has 1 amide bonds. The average molecular weight is 198 g/mol. The number of nitrogens with zero attached hydrogens (tertiary/aromatic N) is 4. The topological polar surface area (TPSA) is 78.3 Å². The van der Waals surface area contributed by atoms with E-state index in [2.05, 4.69) is 10.0 Å². The minimum absolute atomic E-state index is 0.0903. The molecule has 0 aromatic rings. The largest absolute Gasteiger partial charge is 0.380 e. The molecule has 0 aromatic heterocycles. The molecule has 1 rings (SSSR count). The van der Waals surface area contributed by atoms with Crippen LogP contribution in [0.3, 0.4) is 0 Å². The Hall–Kier alpha value is -1.26. The molecule has 1 aliphatic rings. The molecule has 1 heterocycles. The first-order valence-corrected chi connectivity index (χ1v) is 4.59. The molecular weight excluding hydrogens is 184 g/mol.